The van der Waals surface area contributed by atoms with Gasteiger partial charge in [-0.2, -0.15) is 10.5 Å². The van der Waals surface area contributed by atoms with E-state index in [4.69, 9.17) is 0 Å². The smallest absolute Gasteiger partial charge is 0.0998 e. The molecule has 0 saturated carbocycles. The molecule has 0 bridgehead atoms. The van der Waals surface area contributed by atoms with E-state index in [1.807, 2.05) is 50.2 Å². The van der Waals surface area contributed by atoms with Crippen LogP contribution in [-0.2, 0) is 0 Å². The molecule has 0 amide bonds. The topological polar surface area (TPSA) is 47.6 Å². The van der Waals surface area contributed by atoms with Gasteiger partial charge in [0.05, 0.1) is 23.3 Å². The molecule has 0 fully saturated rings. The Morgan fingerprint density at radius 1 is 0.722 bits per heavy atom. The van der Waals surface area contributed by atoms with Crippen LogP contribution in [0.25, 0.3) is 11.1 Å². The van der Waals surface area contributed by atoms with Crippen molar-refractivity contribution in [3.05, 3.63) is 58.7 Å². The molecule has 0 heterocycles. The Hall–Kier alpha value is -2.58. The van der Waals surface area contributed by atoms with E-state index in [1.54, 1.807) is 0 Å². The van der Waals surface area contributed by atoms with Crippen LogP contribution in [0.5, 0.6) is 0 Å². The predicted octanol–water partition coefficient (Wildman–Crippen LogP) is 3.71. The van der Waals surface area contributed by atoms with Crippen LogP contribution in [0.3, 0.4) is 0 Å². The van der Waals surface area contributed by atoms with Crippen LogP contribution in [-0.4, -0.2) is 0 Å². The molecule has 0 aromatic heterocycles. The zero-order valence-corrected chi connectivity index (χ0v) is 10.4. The van der Waals surface area contributed by atoms with Gasteiger partial charge in [0.1, 0.15) is 0 Å². The maximum absolute atomic E-state index is 9.19. The van der Waals surface area contributed by atoms with Gasteiger partial charge in [0, 0.05) is 11.1 Å². The highest BCUT2D eigenvalue weighted by atomic mass is 14.3. The second kappa shape index (κ2) is 4.73. The molecule has 0 aliphatic heterocycles. The molecule has 2 nitrogen and oxygen atoms in total. The van der Waals surface area contributed by atoms with Gasteiger partial charge in [0.15, 0.2) is 0 Å². The Balaban J connectivity index is 2.71. The minimum absolute atomic E-state index is 0.607. The maximum Gasteiger partial charge on any atom is 0.0998 e. The third kappa shape index (κ3) is 2.10. The van der Waals surface area contributed by atoms with Crippen molar-refractivity contribution < 1.29 is 0 Å². The lowest BCUT2D eigenvalue weighted by atomic mass is 9.94. The normalized spacial score (nSPS) is 9.56. The molecule has 0 atom stereocenters. The number of rotatable bonds is 1. The van der Waals surface area contributed by atoms with E-state index < -0.39 is 0 Å². The van der Waals surface area contributed by atoms with Gasteiger partial charge < -0.3 is 0 Å². The lowest BCUT2D eigenvalue weighted by Gasteiger charge is -2.08. The highest BCUT2D eigenvalue weighted by Gasteiger charge is 2.09. The second-order valence-electron chi connectivity index (χ2n) is 4.32. The van der Waals surface area contributed by atoms with Crippen molar-refractivity contribution in [2.75, 3.05) is 0 Å². The molecule has 86 valence electrons. The van der Waals surface area contributed by atoms with Crippen molar-refractivity contribution in [1.82, 2.24) is 0 Å². The van der Waals surface area contributed by atoms with Crippen LogP contribution in [0.1, 0.15) is 22.3 Å². The molecule has 0 unspecified atom stereocenters. The summed E-state index contributed by atoms with van der Waals surface area (Å²) in [4.78, 5) is 0. The van der Waals surface area contributed by atoms with Gasteiger partial charge in [-0.15, -0.1) is 0 Å². The lowest BCUT2D eigenvalue weighted by Crippen LogP contribution is -1.90. The first-order valence-corrected chi connectivity index (χ1v) is 5.67. The average molecular weight is 232 g/mol. The molecule has 2 aromatic carbocycles. The molecular formula is C16H12N2. The Morgan fingerprint density at radius 2 is 1.11 bits per heavy atom. The summed E-state index contributed by atoms with van der Waals surface area (Å²) >= 11 is 0. The Morgan fingerprint density at radius 3 is 1.44 bits per heavy atom. The lowest BCUT2D eigenvalue weighted by molar-refractivity contribution is 1.39. The van der Waals surface area contributed by atoms with Crippen molar-refractivity contribution in [3.63, 3.8) is 0 Å². The third-order valence-corrected chi connectivity index (χ3v) is 2.88. The van der Waals surface area contributed by atoms with E-state index in [9.17, 15) is 10.5 Å². The summed E-state index contributed by atoms with van der Waals surface area (Å²) in [5, 5.41) is 18.4. The van der Waals surface area contributed by atoms with E-state index in [2.05, 4.69) is 12.1 Å². The van der Waals surface area contributed by atoms with Crippen LogP contribution >= 0.6 is 0 Å². The summed E-state index contributed by atoms with van der Waals surface area (Å²) in [7, 11) is 0. The quantitative estimate of drug-likeness (QED) is 0.752. The molecule has 0 saturated heterocycles. The Kier molecular flexibility index (Phi) is 3.13. The SMILES string of the molecule is Cc1ccc(-c2ccc(C)cc2C#N)c(C#N)c1. The van der Waals surface area contributed by atoms with Crippen LogP contribution in [0, 0.1) is 36.5 Å². The molecule has 0 N–H and O–H groups in total. The number of nitriles is 2. The third-order valence-electron chi connectivity index (χ3n) is 2.88. The van der Waals surface area contributed by atoms with Crippen LogP contribution < -0.4 is 0 Å². The summed E-state index contributed by atoms with van der Waals surface area (Å²) in [6.45, 7) is 3.90. The zero-order chi connectivity index (χ0) is 13.1. The van der Waals surface area contributed by atoms with Gasteiger partial charge in [-0.25, -0.2) is 0 Å². The first-order chi connectivity index (χ1) is 8.65. The summed E-state index contributed by atoms with van der Waals surface area (Å²) in [5.41, 5.74) is 4.94. The monoisotopic (exact) mass is 232 g/mol. The molecule has 18 heavy (non-hydrogen) atoms. The van der Waals surface area contributed by atoms with E-state index in [1.165, 1.54) is 0 Å². The van der Waals surface area contributed by atoms with E-state index in [0.29, 0.717) is 11.1 Å². The molecular weight excluding hydrogens is 220 g/mol. The largest absolute Gasteiger partial charge is 0.192 e. The summed E-state index contributed by atoms with van der Waals surface area (Å²) in [6, 6.07) is 15.8. The minimum atomic E-state index is 0.607. The van der Waals surface area contributed by atoms with Gasteiger partial charge >= 0.3 is 0 Å². The van der Waals surface area contributed by atoms with E-state index in [0.717, 1.165) is 22.3 Å². The van der Waals surface area contributed by atoms with E-state index >= 15 is 0 Å². The van der Waals surface area contributed by atoms with Crippen LogP contribution in [0.4, 0.5) is 0 Å². The number of benzene rings is 2. The average Bonchev–Trinajstić information content (AvgIpc) is 2.38. The van der Waals surface area contributed by atoms with Crippen molar-refractivity contribution in [2.24, 2.45) is 0 Å². The fourth-order valence-corrected chi connectivity index (χ4v) is 1.97. The first kappa shape index (κ1) is 11.9. The number of hydrogen-bond donors (Lipinski definition) is 0. The molecule has 2 heteroatoms. The van der Waals surface area contributed by atoms with Gasteiger partial charge in [0.25, 0.3) is 0 Å². The van der Waals surface area contributed by atoms with Gasteiger partial charge in [0.2, 0.25) is 0 Å². The highest BCUT2D eigenvalue weighted by molar-refractivity contribution is 5.76. The number of nitrogens with zero attached hydrogens (tertiary/aromatic N) is 2. The number of hydrogen-bond acceptors (Lipinski definition) is 2. The zero-order valence-electron chi connectivity index (χ0n) is 10.4. The molecule has 2 rings (SSSR count). The first-order valence-electron chi connectivity index (χ1n) is 5.67. The summed E-state index contributed by atoms with van der Waals surface area (Å²) in [5.74, 6) is 0. The van der Waals surface area contributed by atoms with Gasteiger partial charge in [-0.05, 0) is 37.1 Å². The standard InChI is InChI=1S/C16H12N2/c1-11-3-5-15(13(7-11)9-17)16-6-4-12(2)8-14(16)10-18/h3-8H,1-2H3. The fraction of sp³-hybridized carbons (Fsp3) is 0.125. The van der Waals surface area contributed by atoms with Gasteiger partial charge in [-0.1, -0.05) is 24.3 Å². The maximum atomic E-state index is 9.19. The molecule has 0 aliphatic carbocycles. The molecule has 0 spiro atoms. The minimum Gasteiger partial charge on any atom is -0.192 e. The van der Waals surface area contributed by atoms with Crippen LogP contribution in [0.15, 0.2) is 36.4 Å². The van der Waals surface area contributed by atoms with Gasteiger partial charge in [-0.3, -0.25) is 0 Å². The highest BCUT2D eigenvalue weighted by Crippen LogP contribution is 2.28. The van der Waals surface area contributed by atoms with Crippen molar-refractivity contribution in [1.29, 1.82) is 10.5 Å². The van der Waals surface area contributed by atoms with Crippen LogP contribution in [0.2, 0.25) is 0 Å². The fourth-order valence-electron chi connectivity index (χ4n) is 1.97. The Bertz CT molecular complexity index is 624. The number of aryl methyl sites for hydroxylation is 2. The predicted molar refractivity (Wildman–Crippen MR) is 70.8 cm³/mol. The van der Waals surface area contributed by atoms with E-state index in [-0.39, 0.29) is 0 Å². The summed E-state index contributed by atoms with van der Waals surface area (Å²) < 4.78 is 0. The van der Waals surface area contributed by atoms with Crippen molar-refractivity contribution in [2.45, 2.75) is 13.8 Å². The molecule has 0 radical (unpaired) electrons. The Labute approximate surface area is 107 Å². The molecule has 0 aliphatic rings. The van der Waals surface area contributed by atoms with Crippen molar-refractivity contribution in [3.8, 4) is 23.3 Å². The van der Waals surface area contributed by atoms with Crippen molar-refractivity contribution >= 4 is 0 Å². The second-order valence-corrected chi connectivity index (χ2v) is 4.32. The summed E-state index contributed by atoms with van der Waals surface area (Å²) in [6.07, 6.45) is 0. The molecule has 2 aromatic rings.